The minimum Gasteiger partial charge on any atom is -0.393 e. The predicted octanol–water partition coefficient (Wildman–Crippen LogP) is 3.71. The molecule has 5 rings (SSSR count). The van der Waals surface area contributed by atoms with Crippen LogP contribution >= 0.6 is 0 Å². The molecule has 4 fully saturated rings. The van der Waals surface area contributed by atoms with Crippen LogP contribution in [0.1, 0.15) is 66.2 Å². The Morgan fingerprint density at radius 1 is 1.29 bits per heavy atom. The van der Waals surface area contributed by atoms with Crippen molar-refractivity contribution in [2.75, 3.05) is 6.61 Å². The van der Waals surface area contributed by atoms with Crippen LogP contribution < -0.4 is 0 Å². The summed E-state index contributed by atoms with van der Waals surface area (Å²) in [6, 6.07) is 0. The summed E-state index contributed by atoms with van der Waals surface area (Å²) in [6.45, 7) is 8.71. The van der Waals surface area contributed by atoms with Crippen LogP contribution in [0.15, 0.2) is 11.6 Å². The largest absolute Gasteiger partial charge is 0.393 e. The second-order valence-electron chi connectivity index (χ2n) is 10.7. The number of hydrogen-bond donors (Lipinski definition) is 1. The maximum atomic E-state index is 12.8. The van der Waals surface area contributed by atoms with Gasteiger partial charge in [0.15, 0.2) is 11.6 Å². The van der Waals surface area contributed by atoms with Gasteiger partial charge in [-0.1, -0.05) is 19.4 Å². The van der Waals surface area contributed by atoms with E-state index in [-0.39, 0.29) is 28.4 Å². The first-order valence-electron chi connectivity index (χ1n) is 11.3. The molecule has 0 aromatic heterocycles. The van der Waals surface area contributed by atoms with Crippen molar-refractivity contribution in [1.29, 1.82) is 0 Å². The average Bonchev–Trinajstić information content (AvgIpc) is 3.38. The van der Waals surface area contributed by atoms with E-state index in [1.165, 1.54) is 5.57 Å². The number of rotatable bonds is 3. The molecule has 0 spiro atoms. The lowest BCUT2D eigenvalue weighted by molar-refractivity contribution is -0.193. The summed E-state index contributed by atoms with van der Waals surface area (Å²) >= 11 is 0. The lowest BCUT2D eigenvalue weighted by Crippen LogP contribution is -2.62. The molecule has 0 aromatic carbocycles. The maximum Gasteiger partial charge on any atom is 0.162 e. The Morgan fingerprint density at radius 3 is 2.71 bits per heavy atom. The van der Waals surface area contributed by atoms with Crippen LogP contribution in [0.3, 0.4) is 0 Å². The SMILES string of the molecule is CCO[C@]1(C(C)=O)CC[C@H]2[C@@H]3CCC4=CC(=O)C5CC5[C@@]4(C)[C@@H]3[C@@H](O)C[C@@]21C. The molecule has 0 heterocycles. The van der Waals surface area contributed by atoms with Gasteiger partial charge in [0.25, 0.3) is 0 Å². The Labute approximate surface area is 168 Å². The highest BCUT2D eigenvalue weighted by molar-refractivity contribution is 5.96. The normalized spacial score (nSPS) is 54.2. The van der Waals surface area contributed by atoms with Gasteiger partial charge in [-0.05, 0) is 87.5 Å². The van der Waals surface area contributed by atoms with Gasteiger partial charge < -0.3 is 9.84 Å². The Bertz CT molecular complexity index is 771. The molecule has 9 atom stereocenters. The summed E-state index contributed by atoms with van der Waals surface area (Å²) in [6.07, 6.45) is 6.88. The minimum atomic E-state index is -0.750. The fourth-order valence-electron chi connectivity index (χ4n) is 8.72. The number of carbonyl (C=O) groups is 2. The Kier molecular flexibility index (Phi) is 3.92. The summed E-state index contributed by atoms with van der Waals surface area (Å²) in [5.74, 6) is 2.07. The average molecular weight is 387 g/mol. The van der Waals surface area contributed by atoms with Crippen LogP contribution in [0.5, 0.6) is 0 Å². The van der Waals surface area contributed by atoms with E-state index < -0.39 is 11.7 Å². The maximum absolute atomic E-state index is 12.8. The van der Waals surface area contributed by atoms with E-state index in [1.54, 1.807) is 6.92 Å². The van der Waals surface area contributed by atoms with Crippen molar-refractivity contribution in [3.8, 4) is 0 Å². The monoisotopic (exact) mass is 386 g/mol. The van der Waals surface area contributed by atoms with Gasteiger partial charge in [0.05, 0.1) is 6.10 Å². The number of carbonyl (C=O) groups excluding carboxylic acids is 2. The van der Waals surface area contributed by atoms with Gasteiger partial charge in [-0.15, -0.1) is 0 Å². The Morgan fingerprint density at radius 2 is 2.04 bits per heavy atom. The molecule has 2 unspecified atom stereocenters. The van der Waals surface area contributed by atoms with Crippen LogP contribution in [0.25, 0.3) is 0 Å². The highest BCUT2D eigenvalue weighted by Gasteiger charge is 2.71. The molecule has 0 radical (unpaired) electrons. The second kappa shape index (κ2) is 5.78. The molecule has 0 amide bonds. The van der Waals surface area contributed by atoms with Gasteiger partial charge >= 0.3 is 0 Å². The first kappa shape index (κ1) is 19.0. The van der Waals surface area contributed by atoms with Gasteiger partial charge in [0.2, 0.25) is 0 Å². The van der Waals surface area contributed by atoms with Gasteiger partial charge in [0.1, 0.15) is 5.60 Å². The molecule has 5 aliphatic carbocycles. The smallest absolute Gasteiger partial charge is 0.162 e. The number of allylic oxidation sites excluding steroid dienone is 1. The van der Waals surface area contributed by atoms with Crippen LogP contribution in [0.4, 0.5) is 0 Å². The van der Waals surface area contributed by atoms with Crippen molar-refractivity contribution in [1.82, 2.24) is 0 Å². The van der Waals surface area contributed by atoms with Crippen molar-refractivity contribution in [3.63, 3.8) is 0 Å². The van der Waals surface area contributed by atoms with E-state index in [9.17, 15) is 14.7 Å². The lowest BCUT2D eigenvalue weighted by atomic mass is 9.45. The summed E-state index contributed by atoms with van der Waals surface area (Å²) < 4.78 is 6.21. The molecule has 0 aliphatic heterocycles. The molecule has 0 aromatic rings. The highest BCUT2D eigenvalue weighted by atomic mass is 16.5. The first-order chi connectivity index (χ1) is 13.2. The van der Waals surface area contributed by atoms with E-state index in [4.69, 9.17) is 4.74 Å². The number of ether oxygens (including phenoxy) is 1. The molecule has 5 aliphatic rings. The summed E-state index contributed by atoms with van der Waals surface area (Å²) in [4.78, 5) is 25.2. The summed E-state index contributed by atoms with van der Waals surface area (Å²) in [5, 5.41) is 11.5. The second-order valence-corrected chi connectivity index (χ2v) is 10.7. The number of Topliss-reactive ketones (excluding diaryl/α,β-unsaturated/α-hetero) is 1. The van der Waals surface area contributed by atoms with Crippen LogP contribution in [0, 0.1) is 40.4 Å². The number of ketones is 2. The summed E-state index contributed by atoms with van der Waals surface area (Å²) in [5.41, 5.74) is 0.191. The van der Waals surface area contributed by atoms with Crippen molar-refractivity contribution < 1.29 is 19.4 Å². The molecule has 0 saturated heterocycles. The fourth-order valence-corrected chi connectivity index (χ4v) is 8.72. The lowest BCUT2D eigenvalue weighted by Gasteiger charge is -2.61. The quantitative estimate of drug-likeness (QED) is 0.803. The van der Waals surface area contributed by atoms with Crippen molar-refractivity contribution >= 4 is 11.6 Å². The topological polar surface area (TPSA) is 63.6 Å². The standard InChI is InChI=1S/C24H34O4/c1-5-28-24(13(2)25)9-8-17-15-7-6-14-10-19(26)16-11-18(16)23(14,4)21(15)20(27)12-22(17,24)3/h10,15-18,20-21,27H,5-9,11-12H2,1-4H3/t15-,16?,17-,18?,20-,21-,22-,23-,24-/m0/s1. The van der Waals surface area contributed by atoms with Gasteiger partial charge in [-0.25, -0.2) is 0 Å². The third kappa shape index (κ3) is 2.04. The summed E-state index contributed by atoms with van der Waals surface area (Å²) in [7, 11) is 0. The number of hydrogen-bond acceptors (Lipinski definition) is 4. The molecule has 4 heteroatoms. The zero-order valence-corrected chi connectivity index (χ0v) is 17.7. The Balaban J connectivity index is 1.56. The van der Waals surface area contributed by atoms with E-state index in [1.807, 2.05) is 13.0 Å². The molecular weight excluding hydrogens is 352 g/mol. The molecule has 154 valence electrons. The third-order valence-electron chi connectivity index (χ3n) is 9.91. The number of aliphatic hydroxyl groups excluding tert-OH is 1. The van der Waals surface area contributed by atoms with Crippen LogP contribution in [0.2, 0.25) is 0 Å². The van der Waals surface area contributed by atoms with E-state index in [2.05, 4.69) is 13.8 Å². The zero-order valence-electron chi connectivity index (χ0n) is 17.7. The first-order valence-corrected chi connectivity index (χ1v) is 11.3. The van der Waals surface area contributed by atoms with E-state index in [0.29, 0.717) is 36.6 Å². The van der Waals surface area contributed by atoms with Gasteiger partial charge in [0, 0.05) is 17.9 Å². The number of fused-ring (bicyclic) bond motifs is 7. The van der Waals surface area contributed by atoms with Gasteiger partial charge in [-0.2, -0.15) is 0 Å². The van der Waals surface area contributed by atoms with Crippen molar-refractivity contribution in [2.24, 2.45) is 40.4 Å². The van der Waals surface area contributed by atoms with Crippen LogP contribution in [-0.2, 0) is 14.3 Å². The Hall–Kier alpha value is -1.00. The van der Waals surface area contributed by atoms with Gasteiger partial charge in [-0.3, -0.25) is 9.59 Å². The van der Waals surface area contributed by atoms with E-state index >= 15 is 0 Å². The molecule has 0 bridgehead atoms. The predicted molar refractivity (Wildman–Crippen MR) is 106 cm³/mol. The molecule has 1 N–H and O–H groups in total. The van der Waals surface area contributed by atoms with Crippen LogP contribution in [-0.4, -0.2) is 35.0 Å². The minimum absolute atomic E-state index is 0.0463. The number of aliphatic hydroxyl groups is 1. The molecular formula is C24H34O4. The van der Waals surface area contributed by atoms with Crippen molar-refractivity contribution in [2.45, 2.75) is 77.9 Å². The molecule has 4 saturated carbocycles. The highest BCUT2D eigenvalue weighted by Crippen LogP contribution is 2.72. The van der Waals surface area contributed by atoms with E-state index in [0.717, 1.165) is 32.1 Å². The fraction of sp³-hybridized carbons (Fsp3) is 0.833. The molecule has 28 heavy (non-hydrogen) atoms. The molecule has 4 nitrogen and oxygen atoms in total. The zero-order chi connectivity index (χ0) is 20.1. The van der Waals surface area contributed by atoms with Crippen molar-refractivity contribution in [3.05, 3.63) is 11.6 Å². The third-order valence-corrected chi connectivity index (χ3v) is 9.91.